The van der Waals surface area contributed by atoms with Crippen LogP contribution < -0.4 is 20.9 Å². The smallest absolute Gasteiger partial charge is 0.341 e. The lowest BCUT2D eigenvalue weighted by Gasteiger charge is -2.33. The summed E-state index contributed by atoms with van der Waals surface area (Å²) in [6, 6.07) is 23.6. The van der Waals surface area contributed by atoms with Crippen LogP contribution in [0, 0.1) is 11.3 Å². The third-order valence-electron chi connectivity index (χ3n) is 9.40. The van der Waals surface area contributed by atoms with Gasteiger partial charge in [0.25, 0.3) is 11.8 Å². The van der Waals surface area contributed by atoms with Crippen molar-refractivity contribution >= 4 is 69.2 Å². The molecule has 2 atom stereocenters. The fraction of sp³-hybridized carbons (Fsp3) is 0.333. The molecule has 0 radical (unpaired) electrons. The van der Waals surface area contributed by atoms with Crippen LogP contribution in [0.3, 0.4) is 0 Å². The third-order valence-corrected chi connectivity index (χ3v) is 11.9. The second kappa shape index (κ2) is 17.3. The van der Waals surface area contributed by atoms with Crippen molar-refractivity contribution in [2.24, 2.45) is 11.3 Å². The standard InChI is InChI=1S/C42H48N4O5S2/c1-8-34(39(49)45-40-36(41(50)51-7)32-22-19-28(42(2,3)4)24-35(32)53-40)52-31-16-12-15-29(25-31)43-38(48)33(44-37(47)27-13-10-9-11-14-27)23-26-17-20-30(21-18-26)46(5)6/h9-18,20-21,23,25,28,34H,8,19,22,24H2,1-7H3,(H,43,48)(H,44,47)(H,45,49)/b33-23+. The number of methoxy groups -OCH3 is 1. The van der Waals surface area contributed by atoms with Gasteiger partial charge in [0.1, 0.15) is 10.7 Å². The minimum Gasteiger partial charge on any atom is -0.465 e. The second-order valence-electron chi connectivity index (χ2n) is 14.4. The molecular formula is C42H48N4O5S2. The molecule has 3 aromatic carbocycles. The molecule has 3 amide bonds. The Bertz CT molecular complexity index is 1980. The molecule has 2 unspecified atom stereocenters. The summed E-state index contributed by atoms with van der Waals surface area (Å²) in [7, 11) is 5.27. The lowest BCUT2D eigenvalue weighted by Crippen LogP contribution is -2.30. The fourth-order valence-corrected chi connectivity index (χ4v) is 8.57. The van der Waals surface area contributed by atoms with Crippen LogP contribution in [0.4, 0.5) is 16.4 Å². The Morgan fingerprint density at radius 3 is 2.34 bits per heavy atom. The van der Waals surface area contributed by atoms with E-state index in [2.05, 4.69) is 36.7 Å². The molecule has 1 aliphatic rings. The Morgan fingerprint density at radius 2 is 1.70 bits per heavy atom. The van der Waals surface area contributed by atoms with Gasteiger partial charge in [0, 0.05) is 40.8 Å². The third kappa shape index (κ3) is 9.97. The maximum atomic E-state index is 13.8. The van der Waals surface area contributed by atoms with Crippen molar-refractivity contribution < 1.29 is 23.9 Å². The summed E-state index contributed by atoms with van der Waals surface area (Å²) < 4.78 is 5.16. The monoisotopic (exact) mass is 752 g/mol. The number of nitrogens with one attached hydrogen (secondary N) is 3. The first kappa shape index (κ1) is 39.3. The predicted molar refractivity (Wildman–Crippen MR) is 217 cm³/mol. The van der Waals surface area contributed by atoms with Gasteiger partial charge in [0.05, 0.1) is 17.9 Å². The molecule has 1 aromatic heterocycles. The highest BCUT2D eigenvalue weighted by Gasteiger charge is 2.35. The number of benzene rings is 3. The summed E-state index contributed by atoms with van der Waals surface area (Å²) in [5.74, 6) is -1.07. The first-order valence-corrected chi connectivity index (χ1v) is 19.4. The van der Waals surface area contributed by atoms with E-state index in [1.165, 1.54) is 30.2 Å². The Labute approximate surface area is 320 Å². The van der Waals surface area contributed by atoms with Crippen molar-refractivity contribution in [3.8, 4) is 0 Å². The summed E-state index contributed by atoms with van der Waals surface area (Å²) in [5.41, 5.74) is 4.34. The first-order chi connectivity index (χ1) is 25.3. The van der Waals surface area contributed by atoms with Gasteiger partial charge in [0.2, 0.25) is 5.91 Å². The molecule has 9 nitrogen and oxygen atoms in total. The largest absolute Gasteiger partial charge is 0.465 e. The van der Waals surface area contributed by atoms with E-state index < -0.39 is 23.0 Å². The quantitative estimate of drug-likeness (QED) is 0.0754. The average molecular weight is 753 g/mol. The number of ether oxygens (including phenoxy) is 1. The van der Waals surface area contributed by atoms with Gasteiger partial charge in [-0.3, -0.25) is 14.4 Å². The highest BCUT2D eigenvalue weighted by molar-refractivity contribution is 8.00. The highest BCUT2D eigenvalue weighted by Crippen LogP contribution is 2.45. The maximum absolute atomic E-state index is 13.8. The number of anilines is 3. The molecule has 0 fully saturated rings. The van der Waals surface area contributed by atoms with Gasteiger partial charge < -0.3 is 25.6 Å². The van der Waals surface area contributed by atoms with Crippen LogP contribution in [0.2, 0.25) is 0 Å². The summed E-state index contributed by atoms with van der Waals surface area (Å²) in [6.07, 6.45) is 4.78. The number of carbonyl (C=O) groups excluding carboxylic acids is 4. The lowest BCUT2D eigenvalue weighted by molar-refractivity contribution is -0.116. The molecule has 0 bridgehead atoms. The number of amides is 3. The molecule has 0 spiro atoms. The number of esters is 1. The summed E-state index contributed by atoms with van der Waals surface area (Å²) in [5, 5.41) is 8.85. The van der Waals surface area contributed by atoms with E-state index in [-0.39, 0.29) is 17.0 Å². The molecule has 278 valence electrons. The van der Waals surface area contributed by atoms with Gasteiger partial charge in [-0.2, -0.15) is 0 Å². The number of nitrogens with zero attached hydrogens (tertiary/aromatic N) is 1. The van der Waals surface area contributed by atoms with Crippen LogP contribution in [0.25, 0.3) is 6.08 Å². The summed E-state index contributed by atoms with van der Waals surface area (Å²) in [6.45, 7) is 8.67. The number of thiophene rings is 1. The minimum atomic E-state index is -0.497. The van der Waals surface area contributed by atoms with Gasteiger partial charge in [-0.05, 0) is 96.7 Å². The van der Waals surface area contributed by atoms with E-state index in [9.17, 15) is 19.2 Å². The van der Waals surface area contributed by atoms with Crippen molar-refractivity contribution in [1.82, 2.24) is 5.32 Å². The second-order valence-corrected chi connectivity index (χ2v) is 16.7. The zero-order valence-electron chi connectivity index (χ0n) is 31.4. The Balaban J connectivity index is 1.32. The fourth-order valence-electron chi connectivity index (χ4n) is 6.23. The van der Waals surface area contributed by atoms with Gasteiger partial charge >= 0.3 is 5.97 Å². The molecule has 0 aliphatic heterocycles. The number of carbonyl (C=O) groups is 4. The normalized spacial score (nSPS) is 14.8. The molecule has 1 aliphatic carbocycles. The zero-order valence-corrected chi connectivity index (χ0v) is 33.0. The van der Waals surface area contributed by atoms with E-state index >= 15 is 0 Å². The van der Waals surface area contributed by atoms with E-state index in [0.717, 1.165) is 45.8 Å². The van der Waals surface area contributed by atoms with Crippen LogP contribution in [-0.2, 0) is 27.2 Å². The summed E-state index contributed by atoms with van der Waals surface area (Å²) in [4.78, 5) is 57.5. The van der Waals surface area contributed by atoms with Gasteiger partial charge in [-0.25, -0.2) is 4.79 Å². The molecule has 5 rings (SSSR count). The van der Waals surface area contributed by atoms with Gasteiger partial charge in [-0.15, -0.1) is 23.1 Å². The number of thioether (sulfide) groups is 1. The molecule has 11 heteroatoms. The predicted octanol–water partition coefficient (Wildman–Crippen LogP) is 8.67. The zero-order chi connectivity index (χ0) is 38.3. The number of hydrogen-bond donors (Lipinski definition) is 3. The van der Waals surface area contributed by atoms with E-state index in [1.807, 2.05) is 68.4 Å². The van der Waals surface area contributed by atoms with Gasteiger partial charge in [0.15, 0.2) is 0 Å². The van der Waals surface area contributed by atoms with Crippen LogP contribution in [-0.4, -0.2) is 50.1 Å². The molecule has 4 aromatic rings. The van der Waals surface area contributed by atoms with Crippen LogP contribution >= 0.6 is 23.1 Å². The van der Waals surface area contributed by atoms with Crippen molar-refractivity contribution in [3.05, 3.63) is 112 Å². The Kier molecular flexibility index (Phi) is 12.8. The highest BCUT2D eigenvalue weighted by atomic mass is 32.2. The van der Waals surface area contributed by atoms with Crippen molar-refractivity contribution in [3.63, 3.8) is 0 Å². The number of fused-ring (bicyclic) bond motifs is 1. The SMILES string of the molecule is CCC(Sc1cccc(NC(=O)/C(=C\c2ccc(N(C)C)cc2)NC(=O)c2ccccc2)c1)C(=O)Nc1sc2c(c1C(=O)OC)CCC(C(C)(C)C)C2. The van der Waals surface area contributed by atoms with Gasteiger partial charge in [-0.1, -0.05) is 64.1 Å². The average Bonchev–Trinajstić information content (AvgIpc) is 3.50. The molecule has 1 heterocycles. The summed E-state index contributed by atoms with van der Waals surface area (Å²) >= 11 is 2.85. The topological polar surface area (TPSA) is 117 Å². The van der Waals surface area contributed by atoms with Crippen molar-refractivity contribution in [2.45, 2.75) is 63.5 Å². The number of hydrogen-bond acceptors (Lipinski definition) is 8. The lowest BCUT2D eigenvalue weighted by atomic mass is 9.72. The Morgan fingerprint density at radius 1 is 0.981 bits per heavy atom. The van der Waals surface area contributed by atoms with E-state index in [0.29, 0.717) is 34.2 Å². The maximum Gasteiger partial charge on any atom is 0.341 e. The van der Waals surface area contributed by atoms with E-state index in [4.69, 9.17) is 4.74 Å². The van der Waals surface area contributed by atoms with Crippen LogP contribution in [0.15, 0.2) is 89.5 Å². The molecule has 53 heavy (non-hydrogen) atoms. The van der Waals surface area contributed by atoms with Crippen molar-refractivity contribution in [1.29, 1.82) is 0 Å². The van der Waals surface area contributed by atoms with Crippen LogP contribution in [0.1, 0.15) is 77.3 Å². The van der Waals surface area contributed by atoms with Crippen LogP contribution in [0.5, 0.6) is 0 Å². The van der Waals surface area contributed by atoms with Crippen molar-refractivity contribution in [2.75, 3.05) is 36.7 Å². The molecular weight excluding hydrogens is 705 g/mol. The molecule has 3 N–H and O–H groups in total. The Hall–Kier alpha value is -4.87. The first-order valence-electron chi connectivity index (χ1n) is 17.7. The minimum absolute atomic E-state index is 0.0780. The molecule has 0 saturated heterocycles. The molecule has 0 saturated carbocycles. The van der Waals surface area contributed by atoms with E-state index in [1.54, 1.807) is 42.5 Å². The number of rotatable bonds is 12.